The van der Waals surface area contributed by atoms with E-state index in [4.69, 9.17) is 9.84 Å². The third-order valence-electron chi connectivity index (χ3n) is 2.73. The maximum atomic E-state index is 9.80. The number of aliphatic hydroxyl groups is 3. The van der Waals surface area contributed by atoms with Crippen LogP contribution >= 0.6 is 0 Å². The van der Waals surface area contributed by atoms with Gasteiger partial charge in [-0.1, -0.05) is 0 Å². The molecule has 0 bridgehead atoms. The first-order valence-corrected chi connectivity index (χ1v) is 4.78. The Kier molecular flexibility index (Phi) is 3.86. The van der Waals surface area contributed by atoms with Crippen molar-refractivity contribution >= 4 is 0 Å². The van der Waals surface area contributed by atoms with Crippen molar-refractivity contribution in [3.05, 3.63) is 0 Å². The first-order chi connectivity index (χ1) is 6.49. The Bertz CT molecular complexity index is 188. The zero-order valence-corrected chi connectivity index (χ0v) is 8.79. The highest BCUT2D eigenvalue weighted by molar-refractivity contribution is 4.94. The van der Waals surface area contributed by atoms with Gasteiger partial charge in [-0.3, -0.25) is 0 Å². The van der Waals surface area contributed by atoms with E-state index in [1.54, 1.807) is 25.9 Å². The quantitative estimate of drug-likeness (QED) is 0.507. The van der Waals surface area contributed by atoms with Crippen molar-refractivity contribution in [3.63, 3.8) is 0 Å². The summed E-state index contributed by atoms with van der Waals surface area (Å²) in [7, 11) is 3.56. The normalized spacial score (nSPS) is 44.4. The molecule has 0 spiro atoms. The summed E-state index contributed by atoms with van der Waals surface area (Å²) in [6.45, 7) is 1.50. The van der Waals surface area contributed by atoms with Crippen molar-refractivity contribution in [2.75, 3.05) is 20.7 Å². The molecule has 5 atom stereocenters. The van der Waals surface area contributed by atoms with Crippen LogP contribution in [0.1, 0.15) is 6.92 Å². The van der Waals surface area contributed by atoms with E-state index in [9.17, 15) is 10.2 Å². The molecule has 0 radical (unpaired) electrons. The van der Waals surface area contributed by atoms with Crippen LogP contribution in [-0.4, -0.2) is 71.4 Å². The smallest absolute Gasteiger partial charge is 0.108 e. The minimum Gasteiger partial charge on any atom is -0.394 e. The number of nitrogens with zero attached hydrogens (tertiary/aromatic N) is 1. The third-order valence-corrected chi connectivity index (χ3v) is 2.73. The van der Waals surface area contributed by atoms with Gasteiger partial charge in [-0.25, -0.2) is 0 Å². The Morgan fingerprint density at radius 3 is 2.21 bits per heavy atom. The van der Waals surface area contributed by atoms with Crippen LogP contribution in [0.4, 0.5) is 0 Å². The summed E-state index contributed by atoms with van der Waals surface area (Å²) in [6.07, 6.45) is -2.58. The lowest BCUT2D eigenvalue weighted by molar-refractivity contribution is -0.204. The summed E-state index contributed by atoms with van der Waals surface area (Å²) in [5, 5.41) is 28.6. The molecule has 3 N–H and O–H groups in total. The molecule has 1 fully saturated rings. The van der Waals surface area contributed by atoms with Crippen LogP contribution in [0.15, 0.2) is 0 Å². The molecular formula is C9H19NO4. The Morgan fingerprint density at radius 1 is 1.21 bits per heavy atom. The summed E-state index contributed by atoms with van der Waals surface area (Å²) in [4.78, 5) is 1.75. The average Bonchev–Trinajstić information content (AvgIpc) is 2.11. The molecule has 1 aliphatic heterocycles. The molecule has 0 saturated carbocycles. The molecule has 0 aliphatic carbocycles. The first-order valence-electron chi connectivity index (χ1n) is 4.78. The van der Waals surface area contributed by atoms with Gasteiger partial charge in [-0.05, 0) is 21.0 Å². The number of hydrogen-bond acceptors (Lipinski definition) is 5. The van der Waals surface area contributed by atoms with E-state index < -0.39 is 24.4 Å². The molecule has 0 amide bonds. The van der Waals surface area contributed by atoms with Gasteiger partial charge in [-0.15, -0.1) is 0 Å². The van der Waals surface area contributed by atoms with Crippen molar-refractivity contribution in [1.82, 2.24) is 4.90 Å². The van der Waals surface area contributed by atoms with E-state index in [-0.39, 0.29) is 12.7 Å². The lowest BCUT2D eigenvalue weighted by Crippen LogP contribution is -2.62. The molecule has 1 rings (SSSR count). The molecule has 14 heavy (non-hydrogen) atoms. The van der Waals surface area contributed by atoms with Gasteiger partial charge in [0.05, 0.1) is 24.9 Å². The number of rotatable bonds is 2. The summed E-state index contributed by atoms with van der Waals surface area (Å²) in [5.41, 5.74) is 0. The zero-order valence-electron chi connectivity index (χ0n) is 8.79. The first kappa shape index (κ1) is 11.9. The van der Waals surface area contributed by atoms with Crippen molar-refractivity contribution in [3.8, 4) is 0 Å². The topological polar surface area (TPSA) is 73.2 Å². The molecule has 0 aromatic heterocycles. The van der Waals surface area contributed by atoms with E-state index in [1.165, 1.54) is 0 Å². The second-order valence-corrected chi connectivity index (χ2v) is 4.00. The highest BCUT2D eigenvalue weighted by Crippen LogP contribution is 2.23. The summed E-state index contributed by atoms with van der Waals surface area (Å²) >= 11 is 0. The van der Waals surface area contributed by atoms with Crippen LogP contribution in [-0.2, 0) is 4.74 Å². The average molecular weight is 205 g/mol. The van der Waals surface area contributed by atoms with Crippen LogP contribution in [0.25, 0.3) is 0 Å². The molecule has 1 aliphatic rings. The van der Waals surface area contributed by atoms with Crippen molar-refractivity contribution in [2.45, 2.75) is 37.4 Å². The maximum Gasteiger partial charge on any atom is 0.108 e. The fourth-order valence-corrected chi connectivity index (χ4v) is 1.90. The fraction of sp³-hybridized carbons (Fsp3) is 1.00. The van der Waals surface area contributed by atoms with E-state index in [0.717, 1.165) is 0 Å². The van der Waals surface area contributed by atoms with E-state index >= 15 is 0 Å². The Hall–Kier alpha value is -0.200. The van der Waals surface area contributed by atoms with Crippen LogP contribution in [0.2, 0.25) is 0 Å². The van der Waals surface area contributed by atoms with Crippen molar-refractivity contribution in [1.29, 1.82) is 0 Å². The molecule has 2 unspecified atom stereocenters. The molecule has 5 nitrogen and oxygen atoms in total. The predicted molar refractivity (Wildman–Crippen MR) is 50.9 cm³/mol. The lowest BCUT2D eigenvalue weighted by atomic mass is 9.92. The second-order valence-electron chi connectivity index (χ2n) is 4.00. The van der Waals surface area contributed by atoms with Gasteiger partial charge >= 0.3 is 0 Å². The van der Waals surface area contributed by atoms with Gasteiger partial charge in [0, 0.05) is 0 Å². The second kappa shape index (κ2) is 4.55. The van der Waals surface area contributed by atoms with Crippen molar-refractivity contribution < 1.29 is 20.1 Å². The lowest BCUT2D eigenvalue weighted by Gasteiger charge is -2.44. The van der Waals surface area contributed by atoms with E-state index in [0.29, 0.717) is 0 Å². The number of likely N-dealkylation sites (N-methyl/N-ethyl adjacent to an activating group) is 1. The standard InChI is InChI=1S/C9H19NO4/c1-5-8(12)7(10(2)3)9(13)6(4-11)14-5/h5-9,11-13H,4H2,1-3H3/t5-,6?,7?,8-,9-/m1/s1. The van der Waals surface area contributed by atoms with Crippen LogP contribution in [0, 0.1) is 0 Å². The number of aliphatic hydroxyl groups excluding tert-OH is 3. The van der Waals surface area contributed by atoms with Crippen LogP contribution in [0.3, 0.4) is 0 Å². The fourth-order valence-electron chi connectivity index (χ4n) is 1.90. The number of hydrogen-bond donors (Lipinski definition) is 3. The molecule has 84 valence electrons. The van der Waals surface area contributed by atoms with Gasteiger partial charge < -0.3 is 25.0 Å². The summed E-state index contributed by atoms with van der Waals surface area (Å²) < 4.78 is 5.26. The minimum absolute atomic E-state index is 0.234. The highest BCUT2D eigenvalue weighted by Gasteiger charge is 2.43. The molecule has 1 saturated heterocycles. The van der Waals surface area contributed by atoms with Gasteiger partial charge in [0.1, 0.15) is 12.2 Å². The van der Waals surface area contributed by atoms with Crippen LogP contribution < -0.4 is 0 Å². The van der Waals surface area contributed by atoms with Gasteiger partial charge in [-0.2, -0.15) is 0 Å². The zero-order chi connectivity index (χ0) is 10.9. The van der Waals surface area contributed by atoms with Gasteiger partial charge in [0.25, 0.3) is 0 Å². The maximum absolute atomic E-state index is 9.80. The predicted octanol–water partition coefficient (Wildman–Crippen LogP) is -1.58. The third kappa shape index (κ3) is 2.07. The Labute approximate surface area is 83.9 Å². The number of ether oxygens (including phenoxy) is 1. The Balaban J connectivity index is 2.78. The summed E-state index contributed by atoms with van der Waals surface area (Å²) in [5.74, 6) is 0. The Morgan fingerprint density at radius 2 is 1.79 bits per heavy atom. The van der Waals surface area contributed by atoms with E-state index in [2.05, 4.69) is 0 Å². The van der Waals surface area contributed by atoms with Gasteiger partial charge in [0.15, 0.2) is 0 Å². The van der Waals surface area contributed by atoms with Crippen LogP contribution in [0.5, 0.6) is 0 Å². The minimum atomic E-state index is -0.860. The largest absolute Gasteiger partial charge is 0.394 e. The molecule has 0 aromatic rings. The summed E-state index contributed by atoms with van der Waals surface area (Å²) in [6, 6.07) is -0.393. The molecule has 0 aromatic carbocycles. The van der Waals surface area contributed by atoms with Gasteiger partial charge in [0.2, 0.25) is 0 Å². The van der Waals surface area contributed by atoms with E-state index in [1.807, 2.05) is 0 Å². The molecular weight excluding hydrogens is 186 g/mol. The molecule has 5 heteroatoms. The van der Waals surface area contributed by atoms with Crippen molar-refractivity contribution in [2.24, 2.45) is 0 Å². The monoisotopic (exact) mass is 205 g/mol. The highest BCUT2D eigenvalue weighted by atomic mass is 16.5. The SMILES string of the molecule is C[C@H]1OC(CO)[C@@H](O)C(N(C)C)[C@@H]1O. The molecule has 1 heterocycles.